The van der Waals surface area contributed by atoms with E-state index in [0.29, 0.717) is 36.9 Å². The Morgan fingerprint density at radius 3 is 2.76 bits per heavy atom. The Morgan fingerprint density at radius 2 is 2.00 bits per heavy atom. The number of nitrogens with zero attached hydrogens (tertiary/aromatic N) is 2. The topological polar surface area (TPSA) is 116 Å². The van der Waals surface area contributed by atoms with Crippen molar-refractivity contribution in [3.05, 3.63) is 70.3 Å². The van der Waals surface area contributed by atoms with Gasteiger partial charge in [0.2, 0.25) is 15.9 Å². The maximum absolute atomic E-state index is 13.5. The highest BCUT2D eigenvalue weighted by molar-refractivity contribution is 7.90. The molecule has 45 heavy (non-hydrogen) atoms. The van der Waals surface area contributed by atoms with Gasteiger partial charge in [0.25, 0.3) is 5.91 Å². The lowest BCUT2D eigenvalue weighted by atomic mass is 9.68. The van der Waals surface area contributed by atoms with Crippen LogP contribution in [-0.2, 0) is 26.7 Å². The van der Waals surface area contributed by atoms with Crippen LogP contribution in [0.1, 0.15) is 66.4 Å². The molecule has 2 heterocycles. The molecule has 2 aromatic carbocycles. The van der Waals surface area contributed by atoms with Crippen LogP contribution in [0, 0.1) is 11.8 Å². The predicted molar refractivity (Wildman–Crippen MR) is 174 cm³/mol. The number of nitrogens with one attached hydrogen (secondary N) is 1. The number of benzene rings is 2. The van der Waals surface area contributed by atoms with E-state index < -0.39 is 27.3 Å². The third-order valence-electron chi connectivity index (χ3n) is 10.2. The van der Waals surface area contributed by atoms with Gasteiger partial charge < -0.3 is 19.6 Å². The summed E-state index contributed by atoms with van der Waals surface area (Å²) in [6, 6.07) is 11.2. The van der Waals surface area contributed by atoms with Crippen LogP contribution in [-0.4, -0.2) is 75.4 Å². The largest absolute Gasteiger partial charge is 0.490 e. The molecule has 11 heteroatoms. The summed E-state index contributed by atoms with van der Waals surface area (Å²) in [7, 11) is -1.05. The van der Waals surface area contributed by atoms with Crippen molar-refractivity contribution in [2.24, 2.45) is 11.8 Å². The fourth-order valence-corrected chi connectivity index (χ4v) is 9.03. The minimum Gasteiger partial charge on any atom is -0.490 e. The van der Waals surface area contributed by atoms with Crippen LogP contribution < -0.4 is 14.4 Å². The van der Waals surface area contributed by atoms with Crippen molar-refractivity contribution in [2.75, 3.05) is 38.7 Å². The molecule has 9 nitrogen and oxygen atoms in total. The number of carbonyl (C=O) groups excluding carboxylic acids is 2. The third kappa shape index (κ3) is 6.46. The highest BCUT2D eigenvalue weighted by Crippen LogP contribution is 2.46. The number of aliphatic hydroxyl groups excluding tert-OH is 1. The van der Waals surface area contributed by atoms with Crippen molar-refractivity contribution in [1.82, 2.24) is 9.62 Å². The van der Waals surface area contributed by atoms with Crippen LogP contribution in [0.4, 0.5) is 5.69 Å². The second-order valence-corrected chi connectivity index (χ2v) is 15.8. The molecule has 0 aromatic heterocycles. The highest BCUT2D eigenvalue weighted by atomic mass is 35.5. The van der Waals surface area contributed by atoms with Gasteiger partial charge in [-0.15, -0.1) is 0 Å². The van der Waals surface area contributed by atoms with Gasteiger partial charge in [0.05, 0.1) is 23.6 Å². The van der Waals surface area contributed by atoms with E-state index in [4.69, 9.17) is 16.3 Å². The van der Waals surface area contributed by atoms with Crippen LogP contribution in [0.3, 0.4) is 0 Å². The fraction of sp³-hybridized carbons (Fsp3) is 0.529. The van der Waals surface area contributed by atoms with Crippen molar-refractivity contribution in [3.63, 3.8) is 0 Å². The second kappa shape index (κ2) is 12.6. The summed E-state index contributed by atoms with van der Waals surface area (Å²) in [5, 5.41) is 10.8. The van der Waals surface area contributed by atoms with Crippen LogP contribution in [0.15, 0.2) is 48.6 Å². The van der Waals surface area contributed by atoms with E-state index in [9.17, 15) is 23.1 Å². The Hall–Kier alpha value is -3.08. The fourth-order valence-electron chi connectivity index (χ4n) is 7.49. The van der Waals surface area contributed by atoms with Crippen molar-refractivity contribution >= 4 is 39.1 Å². The molecular weight excluding hydrogens is 614 g/mol. The maximum Gasteiger partial charge on any atom is 0.264 e. The average molecular weight is 656 g/mol. The number of hydrogen-bond acceptors (Lipinski definition) is 7. The molecule has 1 spiro atoms. The first kappa shape index (κ1) is 31.9. The molecule has 0 unspecified atom stereocenters. The zero-order valence-corrected chi connectivity index (χ0v) is 27.4. The molecule has 4 aliphatic rings. The van der Waals surface area contributed by atoms with Crippen molar-refractivity contribution in [2.45, 2.75) is 68.1 Å². The number of rotatable bonds is 2. The first-order valence-corrected chi connectivity index (χ1v) is 17.8. The molecule has 2 bridgehead atoms. The SMILES string of the molecule is CN(C)C(=O)C[C@H]1CC/C=C\[C@H](O)[C@@H]2CC[C@H]2CN2C[C@@]3(CCCc4cc(Cl)ccc43)COc3ccc(cc32)C(=O)NS1(=O)=O. The second-order valence-electron chi connectivity index (χ2n) is 13.4. The first-order chi connectivity index (χ1) is 21.5. The van der Waals surface area contributed by atoms with Gasteiger partial charge in [-0.25, -0.2) is 13.1 Å². The molecule has 0 saturated heterocycles. The number of aryl methyl sites for hydroxylation is 1. The Morgan fingerprint density at radius 1 is 1.18 bits per heavy atom. The van der Waals surface area contributed by atoms with E-state index in [1.807, 2.05) is 6.07 Å². The number of ether oxygens (including phenoxy) is 1. The van der Waals surface area contributed by atoms with Gasteiger partial charge in [-0.05, 0) is 98.2 Å². The van der Waals surface area contributed by atoms with Crippen LogP contribution in [0.2, 0.25) is 5.02 Å². The standard InChI is InChI=1S/C34H42ClN3O6S/c1-37(2)32(40)18-26-7-3-4-8-30(39)27-12-9-24(27)19-38-20-34(15-5-6-22-16-25(35)11-13-28(22)34)21-44-31-14-10-23(17-29(31)38)33(41)36-45(26,42)43/h4,8,10-11,13-14,16-17,24,26-27,30,39H,3,5-7,9,12,15,18-21H2,1-2H3,(H,36,41)/b8-4-/t24-,26+,27+,30-,34-/m0/s1. The Labute approximate surface area is 270 Å². The van der Waals surface area contributed by atoms with Crippen molar-refractivity contribution < 1.29 is 27.9 Å². The number of sulfonamides is 1. The van der Waals surface area contributed by atoms with E-state index in [0.717, 1.165) is 37.8 Å². The van der Waals surface area contributed by atoms with Crippen LogP contribution in [0.5, 0.6) is 5.75 Å². The molecule has 1 fully saturated rings. The monoisotopic (exact) mass is 655 g/mol. The van der Waals surface area contributed by atoms with Gasteiger partial charge in [-0.2, -0.15) is 0 Å². The molecule has 2 aromatic rings. The van der Waals surface area contributed by atoms with Gasteiger partial charge in [-0.3, -0.25) is 9.59 Å². The molecule has 242 valence electrons. The number of amides is 2. The summed E-state index contributed by atoms with van der Waals surface area (Å²) in [6.07, 6.45) is 7.91. The molecule has 2 aliphatic carbocycles. The normalized spacial score (nSPS) is 30.0. The zero-order valence-electron chi connectivity index (χ0n) is 25.9. The first-order valence-electron chi connectivity index (χ1n) is 15.9. The number of allylic oxidation sites excluding steroid dienone is 1. The average Bonchev–Trinajstić information content (AvgIpc) is 3.12. The molecule has 1 saturated carbocycles. The molecule has 2 N–H and O–H groups in total. The lowest BCUT2D eigenvalue weighted by molar-refractivity contribution is -0.128. The number of hydrogen-bond donors (Lipinski definition) is 2. The summed E-state index contributed by atoms with van der Waals surface area (Å²) < 4.78 is 35.8. The number of aliphatic hydroxyl groups is 1. The Bertz CT molecular complexity index is 1610. The molecule has 0 radical (unpaired) electrons. The quantitative estimate of drug-likeness (QED) is 0.459. The summed E-state index contributed by atoms with van der Waals surface area (Å²) >= 11 is 6.39. The van der Waals surface area contributed by atoms with Crippen LogP contribution >= 0.6 is 11.6 Å². The predicted octanol–water partition coefficient (Wildman–Crippen LogP) is 4.46. The summed E-state index contributed by atoms with van der Waals surface area (Å²) in [5.74, 6) is -0.143. The molecule has 2 aliphatic heterocycles. The summed E-state index contributed by atoms with van der Waals surface area (Å²) in [5.41, 5.74) is 3.10. The highest BCUT2D eigenvalue weighted by Gasteiger charge is 2.44. The van der Waals surface area contributed by atoms with Crippen molar-refractivity contribution in [3.8, 4) is 5.75 Å². The van der Waals surface area contributed by atoms with Crippen molar-refractivity contribution in [1.29, 1.82) is 0 Å². The molecule has 6 rings (SSSR count). The smallest absolute Gasteiger partial charge is 0.264 e. The lowest BCUT2D eigenvalue weighted by Crippen LogP contribution is -2.49. The maximum atomic E-state index is 13.5. The van der Waals surface area contributed by atoms with Gasteiger partial charge in [0.1, 0.15) is 5.75 Å². The van der Waals surface area contributed by atoms with E-state index >= 15 is 0 Å². The third-order valence-corrected chi connectivity index (χ3v) is 12.2. The zero-order chi connectivity index (χ0) is 31.9. The summed E-state index contributed by atoms with van der Waals surface area (Å²) in [4.78, 5) is 29.7. The number of fused-ring (bicyclic) bond motifs is 4. The number of halogens is 1. The van der Waals surface area contributed by atoms with Gasteiger partial charge >= 0.3 is 0 Å². The van der Waals surface area contributed by atoms with Gasteiger partial charge in [0, 0.05) is 49.6 Å². The molecular formula is C34H42ClN3O6S. The number of carbonyl (C=O) groups is 2. The molecule has 5 atom stereocenters. The Kier molecular flexibility index (Phi) is 8.93. The Balaban J connectivity index is 1.39. The molecule has 2 amide bonds. The van der Waals surface area contributed by atoms with E-state index in [1.54, 1.807) is 44.4 Å². The lowest BCUT2D eigenvalue weighted by Gasteiger charge is -2.45. The van der Waals surface area contributed by atoms with Gasteiger partial charge in [0.15, 0.2) is 0 Å². The van der Waals surface area contributed by atoms with E-state index in [-0.39, 0.29) is 41.6 Å². The summed E-state index contributed by atoms with van der Waals surface area (Å²) in [6.45, 7) is 1.79. The van der Waals surface area contributed by atoms with Gasteiger partial charge in [-0.1, -0.05) is 29.8 Å². The van der Waals surface area contributed by atoms with Crippen LogP contribution in [0.25, 0.3) is 0 Å². The number of anilines is 1. The minimum absolute atomic E-state index is 0.0662. The van der Waals surface area contributed by atoms with E-state index in [1.165, 1.54) is 16.0 Å². The minimum atomic E-state index is -4.20. The van der Waals surface area contributed by atoms with E-state index in [2.05, 4.69) is 21.8 Å².